The van der Waals surface area contributed by atoms with E-state index in [2.05, 4.69) is 18.9 Å². The number of carbonyl (C=O) groups excluding carboxylic acids is 1. The topological polar surface area (TPSA) is 20.3 Å². The van der Waals surface area contributed by atoms with Gasteiger partial charge in [-0.05, 0) is 51.0 Å². The zero-order chi connectivity index (χ0) is 11.0. The van der Waals surface area contributed by atoms with E-state index in [0.717, 1.165) is 30.7 Å². The van der Waals surface area contributed by atoms with E-state index in [1.165, 1.54) is 19.3 Å². The molecule has 15 heavy (non-hydrogen) atoms. The van der Waals surface area contributed by atoms with Gasteiger partial charge in [-0.15, -0.1) is 0 Å². The molecule has 1 saturated heterocycles. The summed E-state index contributed by atoms with van der Waals surface area (Å²) in [7, 11) is 2.11. The van der Waals surface area contributed by atoms with E-state index in [9.17, 15) is 4.79 Å². The number of rotatable bonds is 1. The van der Waals surface area contributed by atoms with Crippen molar-refractivity contribution in [2.45, 2.75) is 45.6 Å². The number of fused-ring (bicyclic) bond motifs is 1. The van der Waals surface area contributed by atoms with Gasteiger partial charge in [-0.2, -0.15) is 0 Å². The van der Waals surface area contributed by atoms with Gasteiger partial charge in [0, 0.05) is 6.54 Å². The Labute approximate surface area is 93.0 Å². The monoisotopic (exact) mass is 209 g/mol. The maximum atomic E-state index is 11.5. The van der Waals surface area contributed by atoms with Crippen molar-refractivity contribution in [3.8, 4) is 0 Å². The average molecular weight is 209 g/mol. The third-order valence-electron chi connectivity index (χ3n) is 4.45. The van der Waals surface area contributed by atoms with Crippen molar-refractivity contribution in [2.75, 3.05) is 13.6 Å². The van der Waals surface area contributed by atoms with Crippen molar-refractivity contribution in [3.05, 3.63) is 0 Å². The summed E-state index contributed by atoms with van der Waals surface area (Å²) in [4.78, 5) is 13.8. The van der Waals surface area contributed by atoms with Crippen LogP contribution in [0.2, 0.25) is 0 Å². The lowest BCUT2D eigenvalue weighted by Crippen LogP contribution is -2.49. The lowest BCUT2D eigenvalue weighted by atomic mass is 9.69. The molecule has 0 bridgehead atoms. The minimum atomic E-state index is 0.205. The van der Waals surface area contributed by atoms with E-state index < -0.39 is 0 Å². The number of hydrogen-bond acceptors (Lipinski definition) is 2. The fourth-order valence-corrected chi connectivity index (χ4v) is 3.53. The lowest BCUT2D eigenvalue weighted by molar-refractivity contribution is -0.125. The van der Waals surface area contributed by atoms with E-state index in [-0.39, 0.29) is 6.04 Å². The van der Waals surface area contributed by atoms with Gasteiger partial charge >= 0.3 is 0 Å². The summed E-state index contributed by atoms with van der Waals surface area (Å²) in [5, 5.41) is 0. The first-order valence-corrected chi connectivity index (χ1v) is 6.28. The number of Topliss-reactive ketones (excluding diaryl/α,β-unsaturated/α-hetero) is 1. The van der Waals surface area contributed by atoms with E-state index in [1.807, 2.05) is 0 Å². The summed E-state index contributed by atoms with van der Waals surface area (Å²) in [6.07, 6.45) is 5.23. The second kappa shape index (κ2) is 4.25. The lowest BCUT2D eigenvalue weighted by Gasteiger charge is -2.45. The van der Waals surface area contributed by atoms with Crippen LogP contribution in [-0.2, 0) is 4.79 Å². The Bertz CT molecular complexity index is 251. The maximum Gasteiger partial charge on any atom is 0.146 e. The minimum Gasteiger partial charge on any atom is -0.298 e. The van der Waals surface area contributed by atoms with E-state index in [1.54, 1.807) is 6.92 Å². The number of ketones is 1. The molecule has 0 spiro atoms. The molecule has 0 radical (unpaired) electrons. The van der Waals surface area contributed by atoms with Gasteiger partial charge in [0.2, 0.25) is 0 Å². The van der Waals surface area contributed by atoms with Crippen LogP contribution in [0, 0.1) is 17.8 Å². The van der Waals surface area contributed by atoms with Gasteiger partial charge in [0.05, 0.1) is 6.04 Å². The smallest absolute Gasteiger partial charge is 0.146 e. The summed E-state index contributed by atoms with van der Waals surface area (Å²) in [6, 6.07) is 0.205. The highest BCUT2D eigenvalue weighted by Gasteiger charge is 2.38. The molecular weight excluding hydrogens is 186 g/mol. The number of carbonyl (C=O) groups is 1. The number of likely N-dealkylation sites (N-methyl/N-ethyl adjacent to an activating group) is 1. The SMILES string of the molecule is CC(=O)[C@@H]1C[C@H]2C[C@H](C)CC[C@H]2CN1C. The first-order chi connectivity index (χ1) is 7.08. The predicted molar refractivity (Wildman–Crippen MR) is 61.7 cm³/mol. The molecule has 1 saturated carbocycles. The Morgan fingerprint density at radius 1 is 1.20 bits per heavy atom. The van der Waals surface area contributed by atoms with Crippen LogP contribution < -0.4 is 0 Å². The first kappa shape index (κ1) is 11.1. The molecule has 86 valence electrons. The molecule has 1 aliphatic carbocycles. The van der Waals surface area contributed by atoms with Crippen LogP contribution >= 0.6 is 0 Å². The van der Waals surface area contributed by atoms with Gasteiger partial charge in [0.15, 0.2) is 0 Å². The molecule has 2 heteroatoms. The fraction of sp³-hybridized carbons (Fsp3) is 0.923. The van der Waals surface area contributed by atoms with Crippen molar-refractivity contribution in [1.29, 1.82) is 0 Å². The minimum absolute atomic E-state index is 0.205. The highest BCUT2D eigenvalue weighted by Crippen LogP contribution is 2.40. The van der Waals surface area contributed by atoms with Gasteiger partial charge < -0.3 is 0 Å². The van der Waals surface area contributed by atoms with E-state index in [4.69, 9.17) is 0 Å². The molecule has 0 aromatic heterocycles. The third kappa shape index (κ3) is 2.25. The molecule has 2 aliphatic rings. The summed E-state index contributed by atoms with van der Waals surface area (Å²) in [5.41, 5.74) is 0. The predicted octanol–water partition coefficient (Wildman–Crippen LogP) is 2.33. The molecule has 2 rings (SSSR count). The third-order valence-corrected chi connectivity index (χ3v) is 4.45. The number of likely N-dealkylation sites (tertiary alicyclic amines) is 1. The Morgan fingerprint density at radius 3 is 2.60 bits per heavy atom. The largest absolute Gasteiger partial charge is 0.298 e. The molecule has 0 aromatic rings. The van der Waals surface area contributed by atoms with Crippen molar-refractivity contribution in [2.24, 2.45) is 17.8 Å². The Kier molecular flexibility index (Phi) is 3.15. The molecule has 2 fully saturated rings. The standard InChI is InChI=1S/C13H23NO/c1-9-4-5-11-8-14(3)13(10(2)15)7-12(11)6-9/h9,11-13H,4-8H2,1-3H3/t9-,11+,12-,13+/m1/s1. The first-order valence-electron chi connectivity index (χ1n) is 6.28. The van der Waals surface area contributed by atoms with Crippen molar-refractivity contribution >= 4 is 5.78 Å². The molecule has 0 aromatic carbocycles. The van der Waals surface area contributed by atoms with Crippen LogP contribution in [0.5, 0.6) is 0 Å². The average Bonchev–Trinajstić information content (AvgIpc) is 2.17. The Morgan fingerprint density at radius 2 is 1.93 bits per heavy atom. The molecule has 1 aliphatic heterocycles. The molecule has 1 heterocycles. The summed E-state index contributed by atoms with van der Waals surface area (Å²) in [5.74, 6) is 2.91. The molecular formula is C13H23NO. The molecule has 0 N–H and O–H groups in total. The summed E-state index contributed by atoms with van der Waals surface area (Å²) < 4.78 is 0. The second-order valence-electron chi connectivity index (χ2n) is 5.74. The van der Waals surface area contributed by atoms with Gasteiger partial charge in [-0.3, -0.25) is 9.69 Å². The van der Waals surface area contributed by atoms with Crippen molar-refractivity contribution < 1.29 is 4.79 Å². The molecule has 4 atom stereocenters. The molecule has 2 nitrogen and oxygen atoms in total. The number of nitrogens with zero attached hydrogens (tertiary/aromatic N) is 1. The summed E-state index contributed by atoms with van der Waals surface area (Å²) in [6.45, 7) is 5.24. The molecule has 0 amide bonds. The van der Waals surface area contributed by atoms with E-state index in [0.29, 0.717) is 5.78 Å². The van der Waals surface area contributed by atoms with Crippen molar-refractivity contribution in [1.82, 2.24) is 4.90 Å². The zero-order valence-electron chi connectivity index (χ0n) is 10.2. The maximum absolute atomic E-state index is 11.5. The summed E-state index contributed by atoms with van der Waals surface area (Å²) >= 11 is 0. The Hall–Kier alpha value is -0.370. The highest BCUT2D eigenvalue weighted by molar-refractivity contribution is 5.81. The van der Waals surface area contributed by atoms with Crippen LogP contribution in [0.4, 0.5) is 0 Å². The van der Waals surface area contributed by atoms with Crippen molar-refractivity contribution in [3.63, 3.8) is 0 Å². The fourth-order valence-electron chi connectivity index (χ4n) is 3.53. The normalized spacial score (nSPS) is 42.3. The van der Waals surface area contributed by atoms with Gasteiger partial charge in [-0.25, -0.2) is 0 Å². The van der Waals surface area contributed by atoms with Crippen LogP contribution in [0.25, 0.3) is 0 Å². The molecule has 0 unspecified atom stereocenters. The van der Waals surface area contributed by atoms with Crippen LogP contribution in [0.1, 0.15) is 39.5 Å². The van der Waals surface area contributed by atoms with Crippen LogP contribution in [0.15, 0.2) is 0 Å². The number of piperidine rings is 1. The van der Waals surface area contributed by atoms with Crippen LogP contribution in [-0.4, -0.2) is 30.3 Å². The van der Waals surface area contributed by atoms with Gasteiger partial charge in [0.25, 0.3) is 0 Å². The number of hydrogen-bond donors (Lipinski definition) is 0. The van der Waals surface area contributed by atoms with Crippen LogP contribution in [0.3, 0.4) is 0 Å². The second-order valence-corrected chi connectivity index (χ2v) is 5.74. The van der Waals surface area contributed by atoms with E-state index >= 15 is 0 Å². The quantitative estimate of drug-likeness (QED) is 0.660. The highest BCUT2D eigenvalue weighted by atomic mass is 16.1. The zero-order valence-corrected chi connectivity index (χ0v) is 10.2. The van der Waals surface area contributed by atoms with Gasteiger partial charge in [0.1, 0.15) is 5.78 Å². The Balaban J connectivity index is 2.03. The van der Waals surface area contributed by atoms with Gasteiger partial charge in [-0.1, -0.05) is 13.3 Å².